The van der Waals surface area contributed by atoms with Gasteiger partial charge in [0.25, 0.3) is 6.43 Å². The summed E-state index contributed by atoms with van der Waals surface area (Å²) in [7, 11) is 1.17. The van der Waals surface area contributed by atoms with Crippen LogP contribution in [0.25, 0.3) is 0 Å². The number of hydrogen-bond donors (Lipinski definition) is 0. The third-order valence-corrected chi connectivity index (χ3v) is 2.28. The molecule has 1 heterocycles. The van der Waals surface area contributed by atoms with Crippen LogP contribution in [0, 0.1) is 0 Å². The minimum Gasteiger partial charge on any atom is -0.493 e. The van der Waals surface area contributed by atoms with Crippen molar-refractivity contribution in [3.8, 4) is 5.75 Å². The van der Waals surface area contributed by atoms with Crippen LogP contribution in [0.15, 0.2) is 6.20 Å². The topological polar surface area (TPSA) is 48.4 Å². The third-order valence-electron chi connectivity index (χ3n) is 1.91. The maximum atomic E-state index is 12.6. The smallest absolute Gasteiger partial charge is 0.341 e. The molecule has 1 rings (SSSR count). The minimum absolute atomic E-state index is 0.102. The summed E-state index contributed by atoms with van der Waals surface area (Å²) in [5.41, 5.74) is -0.708. The van der Waals surface area contributed by atoms with Gasteiger partial charge >= 0.3 is 5.97 Å². The van der Waals surface area contributed by atoms with Gasteiger partial charge in [0.15, 0.2) is 5.75 Å². The van der Waals surface area contributed by atoms with Crippen LogP contribution in [0.2, 0.25) is 5.02 Å². The standard InChI is InChI=1S/C10H10ClF2NO3/c1-3-17-10(15)5-4-14-7(9(12)13)8(16-2)6(5)11/h4,9H,3H2,1-2H3. The van der Waals surface area contributed by atoms with Gasteiger partial charge in [0, 0.05) is 6.20 Å². The van der Waals surface area contributed by atoms with Gasteiger partial charge in [0.2, 0.25) is 0 Å². The van der Waals surface area contributed by atoms with Crippen molar-refractivity contribution in [3.05, 3.63) is 22.5 Å². The Morgan fingerprint density at radius 3 is 2.71 bits per heavy atom. The molecule has 0 N–H and O–H groups in total. The van der Waals surface area contributed by atoms with Gasteiger partial charge in [-0.15, -0.1) is 0 Å². The van der Waals surface area contributed by atoms with Gasteiger partial charge in [-0.1, -0.05) is 11.6 Å². The van der Waals surface area contributed by atoms with Gasteiger partial charge in [-0.2, -0.15) is 0 Å². The van der Waals surface area contributed by atoms with E-state index >= 15 is 0 Å². The number of ether oxygens (including phenoxy) is 2. The van der Waals surface area contributed by atoms with E-state index in [9.17, 15) is 13.6 Å². The molecule has 0 aliphatic carbocycles. The first kappa shape index (κ1) is 13.6. The molecule has 0 amide bonds. The lowest BCUT2D eigenvalue weighted by Gasteiger charge is -2.11. The van der Waals surface area contributed by atoms with Gasteiger partial charge in [0.05, 0.1) is 13.7 Å². The second kappa shape index (κ2) is 5.77. The number of esters is 1. The van der Waals surface area contributed by atoms with Crippen LogP contribution >= 0.6 is 11.6 Å². The molecule has 94 valence electrons. The first-order valence-electron chi connectivity index (χ1n) is 4.70. The van der Waals surface area contributed by atoms with Gasteiger partial charge < -0.3 is 9.47 Å². The molecule has 1 aromatic heterocycles. The van der Waals surface area contributed by atoms with Crippen LogP contribution in [-0.4, -0.2) is 24.7 Å². The molecule has 0 atom stereocenters. The van der Waals surface area contributed by atoms with Crippen LogP contribution in [0.5, 0.6) is 5.75 Å². The normalized spacial score (nSPS) is 10.5. The van der Waals surface area contributed by atoms with Crippen molar-refractivity contribution in [2.45, 2.75) is 13.3 Å². The van der Waals surface area contributed by atoms with E-state index in [-0.39, 0.29) is 22.9 Å². The number of methoxy groups -OCH3 is 1. The zero-order valence-electron chi connectivity index (χ0n) is 9.17. The zero-order valence-corrected chi connectivity index (χ0v) is 9.92. The van der Waals surface area contributed by atoms with E-state index < -0.39 is 18.1 Å². The summed E-state index contributed by atoms with van der Waals surface area (Å²) >= 11 is 5.79. The zero-order chi connectivity index (χ0) is 13.0. The van der Waals surface area contributed by atoms with Crippen molar-refractivity contribution >= 4 is 17.6 Å². The maximum absolute atomic E-state index is 12.6. The van der Waals surface area contributed by atoms with Crippen molar-refractivity contribution < 1.29 is 23.0 Å². The van der Waals surface area contributed by atoms with Crippen molar-refractivity contribution in [1.82, 2.24) is 4.98 Å². The lowest BCUT2D eigenvalue weighted by Crippen LogP contribution is -2.08. The van der Waals surface area contributed by atoms with Gasteiger partial charge in [-0.25, -0.2) is 13.6 Å². The number of hydrogen-bond acceptors (Lipinski definition) is 4. The maximum Gasteiger partial charge on any atom is 0.341 e. The number of rotatable bonds is 4. The van der Waals surface area contributed by atoms with Crippen LogP contribution in [0.4, 0.5) is 8.78 Å². The molecule has 0 fully saturated rings. The molecule has 0 aliphatic heterocycles. The van der Waals surface area contributed by atoms with Gasteiger partial charge in [0.1, 0.15) is 16.3 Å². The van der Waals surface area contributed by atoms with Gasteiger partial charge in [-0.3, -0.25) is 4.98 Å². The van der Waals surface area contributed by atoms with E-state index in [1.165, 1.54) is 7.11 Å². The molecular weight excluding hydrogens is 256 g/mol. The summed E-state index contributed by atoms with van der Waals surface area (Å²) in [4.78, 5) is 14.9. The van der Waals surface area contributed by atoms with Crippen LogP contribution < -0.4 is 4.74 Å². The average Bonchev–Trinajstić information content (AvgIpc) is 2.28. The highest BCUT2D eigenvalue weighted by atomic mass is 35.5. The van der Waals surface area contributed by atoms with E-state index in [0.717, 1.165) is 6.20 Å². The predicted molar refractivity (Wildman–Crippen MR) is 56.7 cm³/mol. The third kappa shape index (κ3) is 2.82. The van der Waals surface area contributed by atoms with Crippen molar-refractivity contribution in [1.29, 1.82) is 0 Å². The molecule has 0 saturated heterocycles. The molecule has 0 spiro atoms. The fourth-order valence-corrected chi connectivity index (χ4v) is 1.48. The average molecular weight is 266 g/mol. The van der Waals surface area contributed by atoms with Crippen LogP contribution in [-0.2, 0) is 4.74 Å². The number of nitrogens with zero attached hydrogens (tertiary/aromatic N) is 1. The number of aromatic nitrogens is 1. The Balaban J connectivity index is 3.24. The highest BCUT2D eigenvalue weighted by Crippen LogP contribution is 2.35. The Morgan fingerprint density at radius 1 is 1.59 bits per heavy atom. The van der Waals surface area contributed by atoms with Gasteiger partial charge in [-0.05, 0) is 6.92 Å². The molecule has 0 aromatic carbocycles. The highest BCUT2D eigenvalue weighted by Gasteiger charge is 2.24. The largest absolute Gasteiger partial charge is 0.493 e. The summed E-state index contributed by atoms with van der Waals surface area (Å²) in [6.45, 7) is 1.76. The van der Waals surface area contributed by atoms with E-state index in [2.05, 4.69) is 4.98 Å². The lowest BCUT2D eigenvalue weighted by atomic mass is 10.2. The van der Waals surface area contributed by atoms with Crippen molar-refractivity contribution in [2.75, 3.05) is 13.7 Å². The molecular formula is C10H10ClF2NO3. The lowest BCUT2D eigenvalue weighted by molar-refractivity contribution is 0.0525. The summed E-state index contributed by atoms with van der Waals surface area (Å²) in [6.07, 6.45) is -1.89. The van der Waals surface area contributed by atoms with E-state index in [1.54, 1.807) is 6.92 Å². The fraction of sp³-hybridized carbons (Fsp3) is 0.400. The van der Waals surface area contributed by atoms with E-state index in [1.807, 2.05) is 0 Å². The van der Waals surface area contributed by atoms with Crippen LogP contribution in [0.3, 0.4) is 0 Å². The first-order valence-corrected chi connectivity index (χ1v) is 5.08. The summed E-state index contributed by atoms with van der Waals surface area (Å²) in [6, 6.07) is 0. The minimum atomic E-state index is -2.83. The molecule has 0 radical (unpaired) electrons. The Morgan fingerprint density at radius 2 is 2.24 bits per heavy atom. The number of carbonyl (C=O) groups is 1. The Bertz CT molecular complexity index is 426. The highest BCUT2D eigenvalue weighted by molar-refractivity contribution is 6.35. The summed E-state index contributed by atoms with van der Waals surface area (Å²) in [5.74, 6) is -1.05. The number of carbonyl (C=O) groups excluding carboxylic acids is 1. The molecule has 17 heavy (non-hydrogen) atoms. The summed E-state index contributed by atoms with van der Waals surface area (Å²) in [5, 5.41) is -0.226. The monoisotopic (exact) mass is 265 g/mol. The number of pyridine rings is 1. The SMILES string of the molecule is CCOC(=O)c1cnc(C(F)F)c(OC)c1Cl. The van der Waals surface area contributed by atoms with Crippen LogP contribution in [0.1, 0.15) is 29.4 Å². The molecule has 1 aromatic rings. The quantitative estimate of drug-likeness (QED) is 0.786. The molecule has 0 bridgehead atoms. The fourth-order valence-electron chi connectivity index (χ4n) is 1.18. The predicted octanol–water partition coefficient (Wildman–Crippen LogP) is 2.86. The second-order valence-corrected chi connectivity index (χ2v) is 3.30. The molecule has 7 heteroatoms. The Hall–Kier alpha value is -1.43. The van der Waals surface area contributed by atoms with Crippen molar-refractivity contribution in [2.24, 2.45) is 0 Å². The number of alkyl halides is 2. The second-order valence-electron chi connectivity index (χ2n) is 2.93. The molecule has 4 nitrogen and oxygen atoms in total. The Labute approximate surface area is 101 Å². The first-order chi connectivity index (χ1) is 8.02. The molecule has 0 unspecified atom stereocenters. The Kier molecular flexibility index (Phi) is 4.62. The van der Waals surface area contributed by atoms with Crippen molar-refractivity contribution in [3.63, 3.8) is 0 Å². The molecule has 0 aliphatic rings. The molecule has 0 saturated carbocycles. The van der Waals surface area contributed by atoms with E-state index in [4.69, 9.17) is 21.1 Å². The van der Waals surface area contributed by atoms with E-state index in [0.29, 0.717) is 0 Å². The number of halogens is 3. The summed E-state index contributed by atoms with van der Waals surface area (Å²) < 4.78 is 34.5.